The average molecular weight is 257 g/mol. The van der Waals surface area contributed by atoms with Crippen molar-refractivity contribution in [3.8, 4) is 5.75 Å². The Kier molecular flexibility index (Phi) is 2.79. The van der Waals surface area contributed by atoms with E-state index in [1.807, 2.05) is 12.1 Å². The number of hydrogen-bond donors (Lipinski definition) is 0. The van der Waals surface area contributed by atoms with E-state index < -0.39 is 0 Å². The number of ether oxygens (including phenoxy) is 2. The van der Waals surface area contributed by atoms with Crippen molar-refractivity contribution < 1.29 is 9.47 Å². The minimum Gasteiger partial charge on any atom is -0.496 e. The Morgan fingerprint density at radius 1 is 1.57 bits per heavy atom. The monoisotopic (exact) mass is 256 g/mol. The molecule has 1 aliphatic rings. The Hall–Kier alpha value is -0.540. The van der Waals surface area contributed by atoms with Crippen LogP contribution in [0.15, 0.2) is 16.6 Å². The molecule has 0 bridgehead atoms. The van der Waals surface area contributed by atoms with Gasteiger partial charge in [0.15, 0.2) is 0 Å². The van der Waals surface area contributed by atoms with E-state index in [9.17, 15) is 0 Å². The molecule has 0 saturated carbocycles. The standard InChI is InChI=1S/C11H13BrO2/c1-3-9-11-7(6-14-9)10(13-2)5-4-8(11)12/h4-5,9H,3,6H2,1-2H3. The molecule has 1 atom stereocenters. The molecule has 1 unspecified atom stereocenters. The maximum Gasteiger partial charge on any atom is 0.124 e. The lowest BCUT2D eigenvalue weighted by atomic mass is 10.0. The Morgan fingerprint density at radius 2 is 2.36 bits per heavy atom. The summed E-state index contributed by atoms with van der Waals surface area (Å²) in [6, 6.07) is 4.00. The van der Waals surface area contributed by atoms with Gasteiger partial charge in [0.05, 0.1) is 19.8 Å². The Morgan fingerprint density at radius 3 is 3.00 bits per heavy atom. The summed E-state index contributed by atoms with van der Waals surface area (Å²) in [5, 5.41) is 0. The highest BCUT2D eigenvalue weighted by molar-refractivity contribution is 9.10. The molecule has 1 heterocycles. The van der Waals surface area contributed by atoms with Crippen LogP contribution < -0.4 is 4.74 Å². The third kappa shape index (κ3) is 1.44. The van der Waals surface area contributed by atoms with Gasteiger partial charge in [0.1, 0.15) is 5.75 Å². The predicted molar refractivity (Wildman–Crippen MR) is 58.5 cm³/mol. The van der Waals surface area contributed by atoms with Gasteiger partial charge in [0.2, 0.25) is 0 Å². The summed E-state index contributed by atoms with van der Waals surface area (Å²) >= 11 is 3.56. The molecule has 0 fully saturated rings. The molecule has 1 aromatic carbocycles. The van der Waals surface area contributed by atoms with Gasteiger partial charge < -0.3 is 9.47 Å². The van der Waals surface area contributed by atoms with Crippen molar-refractivity contribution in [2.24, 2.45) is 0 Å². The van der Waals surface area contributed by atoms with Gasteiger partial charge in [-0.25, -0.2) is 0 Å². The first-order chi connectivity index (χ1) is 6.77. The quantitative estimate of drug-likeness (QED) is 0.807. The molecule has 0 aliphatic carbocycles. The zero-order valence-corrected chi connectivity index (χ0v) is 9.93. The van der Waals surface area contributed by atoms with Gasteiger partial charge in [-0.3, -0.25) is 0 Å². The molecule has 0 aromatic heterocycles. The zero-order valence-electron chi connectivity index (χ0n) is 8.34. The van der Waals surface area contributed by atoms with Crippen LogP contribution in [0, 0.1) is 0 Å². The molecule has 76 valence electrons. The second-order valence-corrected chi connectivity index (χ2v) is 4.20. The summed E-state index contributed by atoms with van der Waals surface area (Å²) in [5.41, 5.74) is 2.44. The fourth-order valence-electron chi connectivity index (χ4n) is 1.89. The molecule has 0 N–H and O–H groups in total. The van der Waals surface area contributed by atoms with Crippen LogP contribution in [-0.2, 0) is 11.3 Å². The third-order valence-electron chi connectivity index (χ3n) is 2.60. The van der Waals surface area contributed by atoms with Gasteiger partial charge in [-0.1, -0.05) is 22.9 Å². The zero-order chi connectivity index (χ0) is 10.1. The van der Waals surface area contributed by atoms with Crippen molar-refractivity contribution in [2.45, 2.75) is 26.1 Å². The minimum absolute atomic E-state index is 0.217. The fraction of sp³-hybridized carbons (Fsp3) is 0.455. The largest absolute Gasteiger partial charge is 0.496 e. The first-order valence-electron chi connectivity index (χ1n) is 4.74. The van der Waals surface area contributed by atoms with Crippen LogP contribution in [0.5, 0.6) is 5.75 Å². The van der Waals surface area contributed by atoms with Crippen LogP contribution in [0.25, 0.3) is 0 Å². The molecular weight excluding hydrogens is 244 g/mol. The number of benzene rings is 1. The van der Waals surface area contributed by atoms with E-state index in [1.54, 1.807) is 7.11 Å². The summed E-state index contributed by atoms with van der Waals surface area (Å²) in [4.78, 5) is 0. The van der Waals surface area contributed by atoms with Crippen molar-refractivity contribution in [1.82, 2.24) is 0 Å². The van der Waals surface area contributed by atoms with Crippen LogP contribution in [0.2, 0.25) is 0 Å². The van der Waals surface area contributed by atoms with Crippen molar-refractivity contribution in [3.63, 3.8) is 0 Å². The first-order valence-corrected chi connectivity index (χ1v) is 5.54. The lowest BCUT2D eigenvalue weighted by Gasteiger charge is -2.11. The predicted octanol–water partition coefficient (Wildman–Crippen LogP) is 3.44. The Labute approximate surface area is 92.3 Å². The first kappa shape index (κ1) is 9.99. The Bertz CT molecular complexity index is 349. The van der Waals surface area contributed by atoms with E-state index >= 15 is 0 Å². The number of fused-ring (bicyclic) bond motifs is 1. The normalized spacial score (nSPS) is 19.5. The SMILES string of the molecule is CCC1OCc2c(OC)ccc(Br)c21. The van der Waals surface area contributed by atoms with Crippen molar-refractivity contribution in [3.05, 3.63) is 27.7 Å². The molecule has 14 heavy (non-hydrogen) atoms. The summed E-state index contributed by atoms with van der Waals surface area (Å²) in [5.74, 6) is 0.930. The van der Waals surface area contributed by atoms with E-state index in [4.69, 9.17) is 9.47 Å². The highest BCUT2D eigenvalue weighted by atomic mass is 79.9. The van der Waals surface area contributed by atoms with Gasteiger partial charge in [-0.05, 0) is 18.6 Å². The van der Waals surface area contributed by atoms with Crippen LogP contribution >= 0.6 is 15.9 Å². The molecule has 2 rings (SSSR count). The van der Waals surface area contributed by atoms with E-state index in [2.05, 4.69) is 22.9 Å². The molecule has 1 aromatic rings. The maximum atomic E-state index is 5.69. The summed E-state index contributed by atoms with van der Waals surface area (Å²) in [6.45, 7) is 2.79. The van der Waals surface area contributed by atoms with Crippen LogP contribution in [0.3, 0.4) is 0 Å². The van der Waals surface area contributed by atoms with Crippen molar-refractivity contribution >= 4 is 15.9 Å². The molecule has 1 aliphatic heterocycles. The highest BCUT2D eigenvalue weighted by Crippen LogP contribution is 2.42. The fourth-order valence-corrected chi connectivity index (χ4v) is 2.52. The van der Waals surface area contributed by atoms with Gasteiger partial charge in [-0.15, -0.1) is 0 Å². The smallest absolute Gasteiger partial charge is 0.124 e. The van der Waals surface area contributed by atoms with E-state index in [1.165, 1.54) is 11.1 Å². The molecular formula is C11H13BrO2. The van der Waals surface area contributed by atoms with Gasteiger partial charge >= 0.3 is 0 Å². The number of halogens is 1. The van der Waals surface area contributed by atoms with Crippen LogP contribution in [0.4, 0.5) is 0 Å². The summed E-state index contributed by atoms with van der Waals surface area (Å²) in [7, 11) is 1.70. The van der Waals surface area contributed by atoms with E-state index in [0.29, 0.717) is 6.61 Å². The van der Waals surface area contributed by atoms with Crippen molar-refractivity contribution in [1.29, 1.82) is 0 Å². The number of rotatable bonds is 2. The van der Waals surface area contributed by atoms with E-state index in [-0.39, 0.29) is 6.10 Å². The van der Waals surface area contributed by atoms with Crippen LogP contribution in [0.1, 0.15) is 30.6 Å². The summed E-state index contributed by atoms with van der Waals surface area (Å²) < 4.78 is 12.1. The van der Waals surface area contributed by atoms with Crippen molar-refractivity contribution in [2.75, 3.05) is 7.11 Å². The summed E-state index contributed by atoms with van der Waals surface area (Å²) in [6.07, 6.45) is 1.22. The lowest BCUT2D eigenvalue weighted by Crippen LogP contribution is -1.95. The molecule has 2 nitrogen and oxygen atoms in total. The second-order valence-electron chi connectivity index (χ2n) is 3.35. The minimum atomic E-state index is 0.217. The Balaban J connectivity index is 2.52. The lowest BCUT2D eigenvalue weighted by molar-refractivity contribution is 0.0629. The van der Waals surface area contributed by atoms with E-state index in [0.717, 1.165) is 16.6 Å². The maximum absolute atomic E-state index is 5.69. The second kappa shape index (κ2) is 3.91. The molecule has 0 spiro atoms. The molecule has 3 heteroatoms. The molecule has 0 radical (unpaired) electrons. The third-order valence-corrected chi connectivity index (χ3v) is 3.29. The number of hydrogen-bond acceptors (Lipinski definition) is 2. The van der Waals surface area contributed by atoms with Gasteiger partial charge in [0.25, 0.3) is 0 Å². The highest BCUT2D eigenvalue weighted by Gasteiger charge is 2.26. The number of methoxy groups -OCH3 is 1. The molecule has 0 saturated heterocycles. The van der Waals surface area contributed by atoms with Crippen LogP contribution in [-0.4, -0.2) is 7.11 Å². The van der Waals surface area contributed by atoms with Gasteiger partial charge in [-0.2, -0.15) is 0 Å². The van der Waals surface area contributed by atoms with Gasteiger partial charge in [0, 0.05) is 15.6 Å². The topological polar surface area (TPSA) is 18.5 Å². The molecule has 0 amide bonds. The average Bonchev–Trinajstić information content (AvgIpc) is 2.63.